The van der Waals surface area contributed by atoms with Crippen LogP contribution in [0.25, 0.3) is 0 Å². The molecule has 2 rings (SSSR count). The fourth-order valence-electron chi connectivity index (χ4n) is 3.17. The van der Waals surface area contributed by atoms with E-state index in [1.165, 1.54) is 11.1 Å². The van der Waals surface area contributed by atoms with Gasteiger partial charge in [0.15, 0.2) is 0 Å². The first kappa shape index (κ1) is 24.2. The standard InChI is InChI=1S/C19H31N3O.2ClH/c1-14(2)11-17(20)18(23)21-13-19(3,4)22-10-9-15-7-5-6-8-16(15)12-22;;/h5-8,14,17H,9-13,20H2,1-4H3,(H,21,23);2*1H/t17-;;/m0../s1. The number of nitrogens with two attached hydrogens (primary N) is 1. The molecule has 0 bridgehead atoms. The Bertz CT molecular complexity index is 549. The number of hydrogen-bond donors (Lipinski definition) is 2. The maximum Gasteiger partial charge on any atom is 0.236 e. The Morgan fingerprint density at radius 1 is 1.24 bits per heavy atom. The van der Waals surface area contributed by atoms with Gasteiger partial charge < -0.3 is 11.1 Å². The summed E-state index contributed by atoms with van der Waals surface area (Å²) in [4.78, 5) is 14.6. The molecular formula is C19H33Cl2N3O. The third kappa shape index (κ3) is 6.78. The minimum atomic E-state index is -0.409. The van der Waals surface area contributed by atoms with Gasteiger partial charge in [-0.1, -0.05) is 38.1 Å². The monoisotopic (exact) mass is 389 g/mol. The lowest BCUT2D eigenvalue weighted by Crippen LogP contribution is -2.55. The predicted octanol–water partition coefficient (Wildman–Crippen LogP) is 3.16. The Labute approximate surface area is 164 Å². The zero-order valence-electron chi connectivity index (χ0n) is 15.7. The van der Waals surface area contributed by atoms with E-state index in [1.54, 1.807) is 0 Å². The van der Waals surface area contributed by atoms with Crippen LogP contribution in [0, 0.1) is 5.92 Å². The number of rotatable bonds is 6. The molecule has 1 amide bonds. The van der Waals surface area contributed by atoms with Crippen molar-refractivity contribution in [3.8, 4) is 0 Å². The normalized spacial score (nSPS) is 15.6. The lowest BCUT2D eigenvalue weighted by molar-refractivity contribution is -0.123. The van der Waals surface area contributed by atoms with E-state index in [0.717, 1.165) is 25.9 Å². The van der Waals surface area contributed by atoms with Gasteiger partial charge in [0.2, 0.25) is 5.91 Å². The molecule has 144 valence electrons. The zero-order valence-corrected chi connectivity index (χ0v) is 17.4. The average molecular weight is 390 g/mol. The molecule has 1 aliphatic heterocycles. The van der Waals surface area contributed by atoms with Gasteiger partial charge in [-0.15, -0.1) is 24.8 Å². The van der Waals surface area contributed by atoms with E-state index < -0.39 is 6.04 Å². The van der Waals surface area contributed by atoms with Gasteiger partial charge in [-0.25, -0.2) is 0 Å². The van der Waals surface area contributed by atoms with Crippen LogP contribution in [0.5, 0.6) is 0 Å². The molecule has 0 aliphatic carbocycles. The van der Waals surface area contributed by atoms with E-state index >= 15 is 0 Å². The van der Waals surface area contributed by atoms with Crippen molar-refractivity contribution >= 4 is 30.7 Å². The van der Waals surface area contributed by atoms with Crippen LogP contribution in [0.4, 0.5) is 0 Å². The second-order valence-electron chi connectivity index (χ2n) is 7.71. The average Bonchev–Trinajstić information content (AvgIpc) is 2.51. The highest BCUT2D eigenvalue weighted by Gasteiger charge is 2.30. The summed E-state index contributed by atoms with van der Waals surface area (Å²) < 4.78 is 0. The van der Waals surface area contributed by atoms with Crippen LogP contribution >= 0.6 is 24.8 Å². The number of fused-ring (bicyclic) bond motifs is 1. The van der Waals surface area contributed by atoms with Crippen molar-refractivity contribution < 1.29 is 4.79 Å². The van der Waals surface area contributed by atoms with Gasteiger partial charge in [-0.05, 0) is 43.7 Å². The Balaban J connectivity index is 0.00000288. The summed E-state index contributed by atoms with van der Waals surface area (Å²) in [6.45, 7) is 11.1. The number of halogens is 2. The second kappa shape index (κ2) is 10.4. The molecule has 0 saturated carbocycles. The van der Waals surface area contributed by atoms with Crippen molar-refractivity contribution in [3.05, 3.63) is 35.4 Å². The van der Waals surface area contributed by atoms with E-state index in [1.807, 2.05) is 0 Å². The van der Waals surface area contributed by atoms with Gasteiger partial charge in [0, 0.05) is 25.2 Å². The van der Waals surface area contributed by atoms with Crippen LogP contribution in [-0.2, 0) is 17.8 Å². The largest absolute Gasteiger partial charge is 0.353 e. The predicted molar refractivity (Wildman–Crippen MR) is 110 cm³/mol. The smallest absolute Gasteiger partial charge is 0.236 e. The molecule has 0 saturated heterocycles. The fraction of sp³-hybridized carbons (Fsp3) is 0.632. The van der Waals surface area contributed by atoms with Gasteiger partial charge in [-0.3, -0.25) is 9.69 Å². The summed E-state index contributed by atoms with van der Waals surface area (Å²) in [6, 6.07) is 8.21. The van der Waals surface area contributed by atoms with Crippen molar-refractivity contribution in [2.75, 3.05) is 13.1 Å². The highest BCUT2D eigenvalue weighted by Crippen LogP contribution is 2.24. The van der Waals surface area contributed by atoms with Crippen molar-refractivity contribution in [1.82, 2.24) is 10.2 Å². The van der Waals surface area contributed by atoms with Crippen LogP contribution in [-0.4, -0.2) is 35.5 Å². The highest BCUT2D eigenvalue weighted by atomic mass is 35.5. The minimum absolute atomic E-state index is 0. The summed E-state index contributed by atoms with van der Waals surface area (Å²) in [5.41, 5.74) is 8.73. The third-order valence-electron chi connectivity index (χ3n) is 4.74. The first-order valence-electron chi connectivity index (χ1n) is 8.64. The molecule has 0 aromatic heterocycles. The van der Waals surface area contributed by atoms with Crippen molar-refractivity contribution in [3.63, 3.8) is 0 Å². The number of benzene rings is 1. The maximum absolute atomic E-state index is 12.2. The topological polar surface area (TPSA) is 58.4 Å². The van der Waals surface area contributed by atoms with Crippen molar-refractivity contribution in [2.45, 2.75) is 58.7 Å². The molecule has 1 aliphatic rings. The molecule has 1 aromatic carbocycles. The van der Waals surface area contributed by atoms with Crippen molar-refractivity contribution in [1.29, 1.82) is 0 Å². The zero-order chi connectivity index (χ0) is 17.0. The second-order valence-corrected chi connectivity index (χ2v) is 7.71. The quantitative estimate of drug-likeness (QED) is 0.785. The van der Waals surface area contributed by atoms with Gasteiger partial charge in [-0.2, -0.15) is 0 Å². The van der Waals surface area contributed by atoms with Crippen LogP contribution in [0.3, 0.4) is 0 Å². The fourth-order valence-corrected chi connectivity index (χ4v) is 3.17. The molecule has 0 fully saturated rings. The Morgan fingerprint density at radius 2 is 1.84 bits per heavy atom. The van der Waals surface area contributed by atoms with Gasteiger partial charge >= 0.3 is 0 Å². The number of carbonyl (C=O) groups excluding carboxylic acids is 1. The molecule has 3 N–H and O–H groups in total. The van der Waals surface area contributed by atoms with Crippen LogP contribution < -0.4 is 11.1 Å². The molecule has 25 heavy (non-hydrogen) atoms. The number of nitrogens with one attached hydrogen (secondary N) is 1. The Morgan fingerprint density at radius 3 is 2.44 bits per heavy atom. The molecule has 1 aromatic rings. The molecule has 0 radical (unpaired) electrons. The number of amides is 1. The van der Waals surface area contributed by atoms with Crippen LogP contribution in [0.2, 0.25) is 0 Å². The molecule has 1 atom stereocenters. The number of hydrogen-bond acceptors (Lipinski definition) is 3. The summed E-state index contributed by atoms with van der Waals surface area (Å²) in [5, 5.41) is 3.04. The van der Waals surface area contributed by atoms with E-state index in [-0.39, 0.29) is 36.3 Å². The summed E-state index contributed by atoms with van der Waals surface area (Å²) in [5.74, 6) is 0.395. The minimum Gasteiger partial charge on any atom is -0.353 e. The first-order valence-corrected chi connectivity index (χ1v) is 8.64. The lowest BCUT2D eigenvalue weighted by Gasteiger charge is -2.41. The Hall–Kier alpha value is -0.810. The van der Waals surface area contributed by atoms with Crippen molar-refractivity contribution in [2.24, 2.45) is 11.7 Å². The number of carbonyl (C=O) groups is 1. The Kier molecular flexibility index (Phi) is 10.0. The van der Waals surface area contributed by atoms with Crippen LogP contribution in [0.15, 0.2) is 24.3 Å². The van der Waals surface area contributed by atoms with Crippen LogP contribution in [0.1, 0.15) is 45.2 Å². The van der Waals surface area contributed by atoms with E-state index in [9.17, 15) is 4.79 Å². The molecule has 0 unspecified atom stereocenters. The highest BCUT2D eigenvalue weighted by molar-refractivity contribution is 5.85. The molecule has 1 heterocycles. The molecule has 0 spiro atoms. The number of nitrogens with zero attached hydrogens (tertiary/aromatic N) is 1. The van der Waals surface area contributed by atoms with E-state index in [4.69, 9.17) is 5.73 Å². The SMILES string of the molecule is CC(C)C[C@H](N)C(=O)NCC(C)(C)N1CCc2ccccc2C1.Cl.Cl. The third-order valence-corrected chi connectivity index (χ3v) is 4.74. The van der Waals surface area contributed by atoms with E-state index in [0.29, 0.717) is 12.5 Å². The lowest BCUT2D eigenvalue weighted by atomic mass is 9.94. The van der Waals surface area contributed by atoms with Gasteiger partial charge in [0.25, 0.3) is 0 Å². The molecule has 4 nitrogen and oxygen atoms in total. The summed E-state index contributed by atoms with van der Waals surface area (Å²) >= 11 is 0. The molecule has 6 heteroatoms. The van der Waals surface area contributed by atoms with E-state index in [2.05, 4.69) is 62.2 Å². The maximum atomic E-state index is 12.2. The first-order chi connectivity index (χ1) is 10.8. The van der Waals surface area contributed by atoms with Gasteiger partial charge in [0.05, 0.1) is 6.04 Å². The molecular weight excluding hydrogens is 357 g/mol. The summed E-state index contributed by atoms with van der Waals surface area (Å²) in [6.07, 6.45) is 1.80. The summed E-state index contributed by atoms with van der Waals surface area (Å²) in [7, 11) is 0. The van der Waals surface area contributed by atoms with Gasteiger partial charge in [0.1, 0.15) is 0 Å².